The molecule has 64 valence electrons. The molecule has 2 fully saturated rings. The van der Waals surface area contributed by atoms with E-state index >= 15 is 0 Å². The monoisotopic (exact) mass is 157 g/mol. The molecule has 11 heavy (non-hydrogen) atoms. The van der Waals surface area contributed by atoms with E-state index < -0.39 is 0 Å². The van der Waals surface area contributed by atoms with Crippen molar-refractivity contribution >= 4 is 0 Å². The largest absolute Gasteiger partial charge is 0.467 e. The van der Waals surface area contributed by atoms with Crippen LogP contribution in [0.4, 0.5) is 0 Å². The number of ether oxygens (including phenoxy) is 2. The minimum Gasteiger partial charge on any atom is -0.467 e. The molecule has 0 unspecified atom stereocenters. The quantitative estimate of drug-likeness (QED) is 0.465. The smallest absolute Gasteiger partial charge is 0.179 e. The molecule has 1 N–H and O–H groups in total. The number of piperidine rings is 1. The van der Waals surface area contributed by atoms with Gasteiger partial charge in [-0.3, -0.25) is 0 Å². The Labute approximate surface area is 67.3 Å². The third-order valence-corrected chi connectivity index (χ3v) is 2.53. The highest BCUT2D eigenvalue weighted by Gasteiger charge is 2.39. The first-order valence-electron chi connectivity index (χ1n) is 4.25. The summed E-state index contributed by atoms with van der Waals surface area (Å²) in [6.45, 7) is 3.68. The molecule has 0 atom stereocenters. The minimum atomic E-state index is -0.207. The predicted octanol–water partition coefficient (Wildman–Crippen LogP) is -0.800. The zero-order valence-corrected chi connectivity index (χ0v) is 6.77. The second-order valence-electron chi connectivity index (χ2n) is 3.36. The van der Waals surface area contributed by atoms with Gasteiger partial charge in [-0.1, -0.05) is 0 Å². The van der Waals surface area contributed by atoms with Gasteiger partial charge in [0.25, 0.3) is 0 Å². The highest BCUT2D eigenvalue weighted by Crippen LogP contribution is 2.27. The van der Waals surface area contributed by atoms with E-state index in [0.717, 1.165) is 39.1 Å². The molecule has 3 heteroatoms. The van der Waals surface area contributed by atoms with Crippen LogP contribution in [0.1, 0.15) is 12.8 Å². The van der Waals surface area contributed by atoms with Crippen LogP contribution in [-0.4, -0.2) is 32.1 Å². The SMILES string of the molecule is [CH2-][NH+]1CCC2(CC1)OCCO2. The second kappa shape index (κ2) is 2.73. The van der Waals surface area contributed by atoms with E-state index in [4.69, 9.17) is 9.47 Å². The summed E-state index contributed by atoms with van der Waals surface area (Å²) in [5.41, 5.74) is 0. The van der Waals surface area contributed by atoms with Crippen molar-refractivity contribution in [3.05, 3.63) is 7.05 Å². The summed E-state index contributed by atoms with van der Waals surface area (Å²) in [5.74, 6) is -0.207. The molecular formula is C8H15NO2. The van der Waals surface area contributed by atoms with Gasteiger partial charge in [0, 0.05) is 12.8 Å². The summed E-state index contributed by atoms with van der Waals surface area (Å²) in [5, 5.41) is 0. The van der Waals surface area contributed by atoms with Crippen LogP contribution < -0.4 is 4.90 Å². The Bertz CT molecular complexity index is 133. The van der Waals surface area contributed by atoms with Crippen molar-refractivity contribution in [1.29, 1.82) is 0 Å². The normalized spacial score (nSPS) is 31.4. The van der Waals surface area contributed by atoms with Crippen LogP contribution in [0.2, 0.25) is 0 Å². The zero-order valence-electron chi connectivity index (χ0n) is 6.77. The number of hydrogen-bond acceptors (Lipinski definition) is 2. The van der Waals surface area contributed by atoms with Crippen LogP contribution in [0.5, 0.6) is 0 Å². The molecule has 0 amide bonds. The Kier molecular flexibility index (Phi) is 1.87. The number of rotatable bonds is 0. The van der Waals surface area contributed by atoms with E-state index in [1.165, 1.54) is 4.90 Å². The van der Waals surface area contributed by atoms with Crippen molar-refractivity contribution in [2.75, 3.05) is 26.3 Å². The molecule has 0 aromatic rings. The third kappa shape index (κ3) is 1.41. The third-order valence-electron chi connectivity index (χ3n) is 2.53. The Balaban J connectivity index is 1.94. The average Bonchev–Trinajstić information content (AvgIpc) is 2.45. The van der Waals surface area contributed by atoms with E-state index in [-0.39, 0.29) is 5.79 Å². The van der Waals surface area contributed by atoms with Crippen molar-refractivity contribution in [2.24, 2.45) is 0 Å². The molecule has 0 aromatic carbocycles. The Morgan fingerprint density at radius 3 is 2.18 bits per heavy atom. The van der Waals surface area contributed by atoms with E-state index in [1.807, 2.05) is 0 Å². The highest BCUT2D eigenvalue weighted by molar-refractivity contribution is 4.75. The summed E-state index contributed by atoms with van der Waals surface area (Å²) in [7, 11) is 3.96. The summed E-state index contributed by atoms with van der Waals surface area (Å²) in [6, 6.07) is 0. The number of hydrogen-bond donors (Lipinski definition) is 1. The van der Waals surface area contributed by atoms with Crippen molar-refractivity contribution in [3.63, 3.8) is 0 Å². The molecule has 2 rings (SSSR count). The van der Waals surface area contributed by atoms with Gasteiger partial charge >= 0.3 is 0 Å². The van der Waals surface area contributed by atoms with Gasteiger partial charge in [0.2, 0.25) is 0 Å². The molecule has 2 aliphatic heterocycles. The fourth-order valence-electron chi connectivity index (χ4n) is 1.77. The van der Waals surface area contributed by atoms with Crippen molar-refractivity contribution in [1.82, 2.24) is 0 Å². The maximum atomic E-state index is 5.57. The minimum absolute atomic E-state index is 0.207. The molecule has 0 aromatic heterocycles. The lowest BCUT2D eigenvalue weighted by Gasteiger charge is -2.36. The van der Waals surface area contributed by atoms with Gasteiger partial charge in [0.1, 0.15) is 0 Å². The standard InChI is InChI=1S/C8H15NO2/c1-9-4-2-8(3-5-9)10-6-7-11-8/h9H,1-7H2. The van der Waals surface area contributed by atoms with E-state index in [1.54, 1.807) is 0 Å². The molecule has 1 spiro atoms. The molecule has 2 aliphatic rings. The van der Waals surface area contributed by atoms with Gasteiger partial charge in [-0.25, -0.2) is 0 Å². The molecule has 0 radical (unpaired) electrons. The van der Waals surface area contributed by atoms with Gasteiger partial charge < -0.3 is 14.4 Å². The Morgan fingerprint density at radius 2 is 1.64 bits per heavy atom. The van der Waals surface area contributed by atoms with Crippen molar-refractivity contribution in [3.8, 4) is 0 Å². The maximum Gasteiger partial charge on any atom is 0.179 e. The lowest BCUT2D eigenvalue weighted by atomic mass is 10.0. The van der Waals surface area contributed by atoms with Crippen LogP contribution in [-0.2, 0) is 9.47 Å². The van der Waals surface area contributed by atoms with Crippen LogP contribution in [0.3, 0.4) is 0 Å². The van der Waals surface area contributed by atoms with Gasteiger partial charge in [-0.2, -0.15) is 7.05 Å². The van der Waals surface area contributed by atoms with Crippen LogP contribution in [0.15, 0.2) is 0 Å². The second-order valence-corrected chi connectivity index (χ2v) is 3.36. The fourth-order valence-corrected chi connectivity index (χ4v) is 1.77. The lowest BCUT2D eigenvalue weighted by Crippen LogP contribution is -3.08. The molecule has 2 saturated heterocycles. The number of nitrogens with one attached hydrogen (secondary N) is 1. The first kappa shape index (κ1) is 7.53. The van der Waals surface area contributed by atoms with Gasteiger partial charge in [-0.15, -0.1) is 0 Å². The molecule has 3 nitrogen and oxygen atoms in total. The van der Waals surface area contributed by atoms with Gasteiger partial charge in [0.05, 0.1) is 26.3 Å². The van der Waals surface area contributed by atoms with E-state index in [2.05, 4.69) is 7.05 Å². The van der Waals surface area contributed by atoms with Crippen LogP contribution in [0, 0.1) is 7.05 Å². The summed E-state index contributed by atoms with van der Waals surface area (Å²) >= 11 is 0. The van der Waals surface area contributed by atoms with Gasteiger partial charge in [-0.05, 0) is 0 Å². The van der Waals surface area contributed by atoms with Crippen molar-refractivity contribution < 1.29 is 14.4 Å². The topological polar surface area (TPSA) is 22.9 Å². The lowest BCUT2D eigenvalue weighted by molar-refractivity contribution is -0.863. The predicted molar refractivity (Wildman–Crippen MR) is 39.9 cm³/mol. The van der Waals surface area contributed by atoms with Crippen LogP contribution in [0.25, 0.3) is 0 Å². The van der Waals surface area contributed by atoms with E-state index in [9.17, 15) is 0 Å². The Hall–Kier alpha value is -0.120. The summed E-state index contributed by atoms with van der Waals surface area (Å²) < 4.78 is 11.1. The first-order chi connectivity index (χ1) is 5.31. The van der Waals surface area contributed by atoms with Gasteiger partial charge in [0.15, 0.2) is 5.79 Å². The first-order valence-corrected chi connectivity index (χ1v) is 4.25. The maximum absolute atomic E-state index is 5.57. The molecular weight excluding hydrogens is 142 g/mol. The summed E-state index contributed by atoms with van der Waals surface area (Å²) in [4.78, 5) is 1.34. The van der Waals surface area contributed by atoms with Crippen molar-refractivity contribution in [2.45, 2.75) is 18.6 Å². The Morgan fingerprint density at radius 1 is 1.09 bits per heavy atom. The molecule has 0 saturated carbocycles. The highest BCUT2D eigenvalue weighted by atomic mass is 16.7. The average molecular weight is 157 g/mol. The van der Waals surface area contributed by atoms with E-state index in [0.29, 0.717) is 0 Å². The zero-order chi connectivity index (χ0) is 7.73. The number of likely N-dealkylation sites (tertiary alicyclic amines) is 1. The molecule has 0 bridgehead atoms. The van der Waals surface area contributed by atoms with Crippen LogP contribution >= 0.6 is 0 Å². The molecule has 0 aliphatic carbocycles. The summed E-state index contributed by atoms with van der Waals surface area (Å²) in [6.07, 6.45) is 2.01. The fraction of sp³-hybridized carbons (Fsp3) is 0.875. The molecule has 2 heterocycles. The number of quaternary nitrogens is 1.